The molecule has 0 aliphatic carbocycles. The molecule has 38 heavy (non-hydrogen) atoms. The predicted octanol–water partition coefficient (Wildman–Crippen LogP) is 9.29. The van der Waals surface area contributed by atoms with Crippen LogP contribution in [0.2, 0.25) is 0 Å². The quantitative estimate of drug-likeness (QED) is 0.192. The molecule has 0 N–H and O–H groups in total. The van der Waals surface area contributed by atoms with Crippen LogP contribution in [0.5, 0.6) is 0 Å². The highest BCUT2D eigenvalue weighted by Gasteiger charge is 2.31. The summed E-state index contributed by atoms with van der Waals surface area (Å²) in [7, 11) is 0. The van der Waals surface area contributed by atoms with Crippen LogP contribution in [0.4, 0.5) is 5.69 Å². The van der Waals surface area contributed by atoms with Gasteiger partial charge in [-0.15, -0.1) is 0 Å². The molecular weight excluding hydrogens is 598 g/mol. The number of nitrogens with zero attached hydrogens (tertiary/aromatic N) is 3. The van der Waals surface area contributed by atoms with E-state index < -0.39 is 0 Å². The van der Waals surface area contributed by atoms with Crippen molar-refractivity contribution in [2.75, 3.05) is 4.90 Å². The number of benzene rings is 5. The molecule has 184 valence electrons. The monoisotopic (exact) mass is 619 g/mol. The van der Waals surface area contributed by atoms with E-state index >= 15 is 0 Å². The van der Waals surface area contributed by atoms with E-state index in [1.54, 1.807) is 0 Å². The van der Waals surface area contributed by atoms with Crippen molar-refractivity contribution in [3.05, 3.63) is 159 Å². The molecule has 0 amide bonds. The third-order valence-corrected chi connectivity index (χ3v) is 7.43. The molecule has 0 bridgehead atoms. The fourth-order valence-corrected chi connectivity index (χ4v) is 5.41. The van der Waals surface area contributed by atoms with Gasteiger partial charge in [0.1, 0.15) is 5.84 Å². The Morgan fingerprint density at radius 1 is 0.526 bits per heavy atom. The van der Waals surface area contributed by atoms with Gasteiger partial charge in [-0.2, -0.15) is 0 Å². The van der Waals surface area contributed by atoms with Crippen LogP contribution in [-0.4, -0.2) is 11.7 Å². The number of hydrogen-bond donors (Lipinski definition) is 0. The number of amidine groups is 2. The highest BCUT2D eigenvalue weighted by atomic mass is 79.9. The number of aliphatic imine (C=N–C) groups is 2. The van der Waals surface area contributed by atoms with Gasteiger partial charge in [0.05, 0.1) is 0 Å². The molecular formula is C33H23Br2N3. The topological polar surface area (TPSA) is 28.0 Å². The molecule has 0 spiro atoms. The van der Waals surface area contributed by atoms with Gasteiger partial charge in [0.15, 0.2) is 12.0 Å². The lowest BCUT2D eigenvalue weighted by molar-refractivity contribution is 0.743. The average Bonchev–Trinajstić information content (AvgIpc) is 2.97. The van der Waals surface area contributed by atoms with Crippen LogP contribution in [0.3, 0.4) is 0 Å². The Morgan fingerprint density at radius 2 is 1.11 bits per heavy atom. The summed E-state index contributed by atoms with van der Waals surface area (Å²) in [6.07, 6.45) is -0.309. The van der Waals surface area contributed by atoms with Crippen molar-refractivity contribution >= 4 is 49.2 Å². The van der Waals surface area contributed by atoms with Gasteiger partial charge in [-0.3, -0.25) is 4.90 Å². The zero-order chi connectivity index (χ0) is 25.9. The summed E-state index contributed by atoms with van der Waals surface area (Å²) >= 11 is 7.28. The third-order valence-electron chi connectivity index (χ3n) is 6.45. The number of hydrogen-bond acceptors (Lipinski definition) is 3. The summed E-state index contributed by atoms with van der Waals surface area (Å²) in [6, 6.07) is 45.9. The summed E-state index contributed by atoms with van der Waals surface area (Å²) in [5.41, 5.74) is 6.45. The van der Waals surface area contributed by atoms with E-state index in [9.17, 15) is 0 Å². The van der Waals surface area contributed by atoms with Gasteiger partial charge in [-0.25, -0.2) is 9.98 Å². The minimum atomic E-state index is -0.309. The van der Waals surface area contributed by atoms with Crippen molar-refractivity contribution < 1.29 is 0 Å². The lowest BCUT2D eigenvalue weighted by Crippen LogP contribution is -2.39. The number of anilines is 1. The molecule has 1 atom stereocenters. The SMILES string of the molecule is Brc1cccc(C2=NC(c3ccc(-c4ccccc4)cc3)N(c3cccc(Br)c3)C(c3ccccc3)=N2)c1. The van der Waals surface area contributed by atoms with E-state index in [1.165, 1.54) is 11.1 Å². The van der Waals surface area contributed by atoms with Crippen molar-refractivity contribution in [3.8, 4) is 11.1 Å². The number of halogens is 2. The number of rotatable bonds is 5. The minimum Gasteiger partial charge on any atom is -0.299 e. The van der Waals surface area contributed by atoms with E-state index in [1.807, 2.05) is 48.5 Å². The lowest BCUT2D eigenvalue weighted by atomic mass is 10.0. The van der Waals surface area contributed by atoms with Crippen molar-refractivity contribution in [2.24, 2.45) is 9.98 Å². The maximum Gasteiger partial charge on any atom is 0.159 e. The fraction of sp³-hybridized carbons (Fsp3) is 0.0303. The Balaban J connectivity index is 1.53. The Labute approximate surface area is 239 Å². The van der Waals surface area contributed by atoms with Crippen LogP contribution in [0, 0.1) is 0 Å². The first-order valence-corrected chi connectivity index (χ1v) is 13.9. The van der Waals surface area contributed by atoms with E-state index in [0.29, 0.717) is 5.84 Å². The molecule has 3 nitrogen and oxygen atoms in total. The second kappa shape index (κ2) is 10.9. The average molecular weight is 621 g/mol. The predicted molar refractivity (Wildman–Crippen MR) is 165 cm³/mol. The van der Waals surface area contributed by atoms with Crippen LogP contribution >= 0.6 is 31.9 Å². The van der Waals surface area contributed by atoms with Crippen LogP contribution in [-0.2, 0) is 0 Å². The lowest BCUT2D eigenvalue weighted by Gasteiger charge is -2.36. The van der Waals surface area contributed by atoms with Crippen molar-refractivity contribution in [1.29, 1.82) is 0 Å². The molecule has 5 aromatic carbocycles. The van der Waals surface area contributed by atoms with Gasteiger partial charge < -0.3 is 0 Å². The summed E-state index contributed by atoms with van der Waals surface area (Å²) in [5, 5.41) is 0. The highest BCUT2D eigenvalue weighted by molar-refractivity contribution is 9.10. The maximum atomic E-state index is 5.25. The molecule has 0 saturated carbocycles. The van der Waals surface area contributed by atoms with Gasteiger partial charge in [0.25, 0.3) is 0 Å². The molecule has 5 heteroatoms. The standard InChI is InChI=1S/C33H23Br2N3/c34-28-14-7-13-27(21-28)31-36-32(25-11-5-2-6-12-25)38(30-16-8-15-29(35)22-30)33(37-31)26-19-17-24(18-20-26)23-9-3-1-4-10-23/h1-22,33H. The Hall–Kier alpha value is -3.80. The summed E-state index contributed by atoms with van der Waals surface area (Å²) in [5.74, 6) is 1.55. The summed E-state index contributed by atoms with van der Waals surface area (Å²) in [4.78, 5) is 12.6. The molecule has 1 heterocycles. The van der Waals surface area contributed by atoms with Crippen LogP contribution in [0.25, 0.3) is 11.1 Å². The highest BCUT2D eigenvalue weighted by Crippen LogP contribution is 2.36. The van der Waals surface area contributed by atoms with E-state index in [2.05, 4.69) is 122 Å². The summed E-state index contributed by atoms with van der Waals surface area (Å²) < 4.78 is 2.00. The zero-order valence-electron chi connectivity index (χ0n) is 20.4. The zero-order valence-corrected chi connectivity index (χ0v) is 23.5. The van der Waals surface area contributed by atoms with Gasteiger partial charge in [-0.05, 0) is 47.0 Å². The van der Waals surface area contributed by atoms with Crippen LogP contribution in [0.15, 0.2) is 152 Å². The molecule has 0 fully saturated rings. The Morgan fingerprint density at radius 3 is 1.76 bits per heavy atom. The molecule has 0 aromatic heterocycles. The molecule has 1 unspecified atom stereocenters. The van der Waals surface area contributed by atoms with Gasteiger partial charge in [0.2, 0.25) is 0 Å². The van der Waals surface area contributed by atoms with Crippen LogP contribution in [0.1, 0.15) is 22.9 Å². The second-order valence-electron chi connectivity index (χ2n) is 8.98. The first-order chi connectivity index (χ1) is 18.7. The second-order valence-corrected chi connectivity index (χ2v) is 10.8. The molecule has 5 aromatic rings. The van der Waals surface area contributed by atoms with Crippen molar-refractivity contribution in [1.82, 2.24) is 0 Å². The van der Waals surface area contributed by atoms with E-state index in [-0.39, 0.29) is 6.17 Å². The largest absolute Gasteiger partial charge is 0.299 e. The smallest absolute Gasteiger partial charge is 0.159 e. The van der Waals surface area contributed by atoms with Gasteiger partial charge in [-0.1, -0.05) is 135 Å². The summed E-state index contributed by atoms with van der Waals surface area (Å²) in [6.45, 7) is 0. The van der Waals surface area contributed by atoms with Gasteiger partial charge >= 0.3 is 0 Å². The first-order valence-electron chi connectivity index (χ1n) is 12.3. The van der Waals surface area contributed by atoms with Gasteiger partial charge in [0, 0.05) is 25.8 Å². The van der Waals surface area contributed by atoms with E-state index in [0.717, 1.165) is 37.2 Å². The van der Waals surface area contributed by atoms with Crippen molar-refractivity contribution in [2.45, 2.75) is 6.17 Å². The maximum absolute atomic E-state index is 5.25. The molecule has 0 saturated heterocycles. The molecule has 0 radical (unpaired) electrons. The third kappa shape index (κ3) is 5.13. The Bertz CT molecular complexity index is 1630. The normalized spacial score (nSPS) is 15.1. The van der Waals surface area contributed by atoms with Crippen molar-refractivity contribution in [3.63, 3.8) is 0 Å². The molecule has 1 aliphatic rings. The Kier molecular flexibility index (Phi) is 7.04. The molecule has 6 rings (SSSR count). The molecule has 1 aliphatic heterocycles. The minimum absolute atomic E-state index is 0.309. The van der Waals surface area contributed by atoms with E-state index in [4.69, 9.17) is 9.98 Å². The first kappa shape index (κ1) is 24.5. The van der Waals surface area contributed by atoms with Crippen LogP contribution < -0.4 is 4.90 Å². The fourth-order valence-electron chi connectivity index (χ4n) is 4.62.